The van der Waals surface area contributed by atoms with Crippen LogP contribution in [0.4, 0.5) is 20.6 Å². The van der Waals surface area contributed by atoms with Gasteiger partial charge in [0.1, 0.15) is 11.9 Å². The zero-order chi connectivity index (χ0) is 24.1. The van der Waals surface area contributed by atoms with E-state index in [1.807, 2.05) is 4.90 Å². The van der Waals surface area contributed by atoms with Gasteiger partial charge in [-0.2, -0.15) is 0 Å². The summed E-state index contributed by atoms with van der Waals surface area (Å²) >= 11 is 5.82. The van der Waals surface area contributed by atoms with Gasteiger partial charge in [-0.1, -0.05) is 11.6 Å². The standard InChI is InChI=1S/C25H27ClFN3O4/c26-18-6-4-17(5-7-18)23(31)10-11-24(32)28-15-20-16-30(25(33)34-20)19-8-9-22(21(27)14-19)29-12-2-1-3-13-29/h4-9,14,20H,1-3,10-13,15-16H2,(H,28,32)/t20-/m0/s1. The first-order chi connectivity index (χ1) is 16.4. The molecule has 0 unspecified atom stereocenters. The molecule has 0 aliphatic carbocycles. The number of anilines is 2. The van der Waals surface area contributed by atoms with E-state index in [1.54, 1.807) is 36.4 Å². The topological polar surface area (TPSA) is 79.0 Å². The second-order valence-corrected chi connectivity index (χ2v) is 8.97. The first-order valence-electron chi connectivity index (χ1n) is 11.5. The van der Waals surface area contributed by atoms with E-state index in [-0.39, 0.29) is 43.4 Å². The van der Waals surface area contributed by atoms with Gasteiger partial charge in [0.05, 0.1) is 24.5 Å². The highest BCUT2D eigenvalue weighted by Crippen LogP contribution is 2.29. The number of hydrogen-bond donors (Lipinski definition) is 1. The highest BCUT2D eigenvalue weighted by Gasteiger charge is 2.33. The molecular weight excluding hydrogens is 461 g/mol. The van der Waals surface area contributed by atoms with E-state index in [0.29, 0.717) is 22.0 Å². The highest BCUT2D eigenvalue weighted by atomic mass is 35.5. The number of ether oxygens (including phenoxy) is 1. The van der Waals surface area contributed by atoms with Crippen molar-refractivity contribution in [2.45, 2.75) is 38.2 Å². The Kier molecular flexibility index (Phi) is 7.67. The van der Waals surface area contributed by atoms with Crippen LogP contribution in [0.5, 0.6) is 0 Å². The predicted molar refractivity (Wildman–Crippen MR) is 128 cm³/mol. The molecule has 2 aromatic carbocycles. The summed E-state index contributed by atoms with van der Waals surface area (Å²) in [6.07, 6.45) is 2.19. The monoisotopic (exact) mass is 487 g/mol. The molecule has 2 aliphatic rings. The Labute approximate surface area is 202 Å². The molecule has 0 bridgehead atoms. The molecule has 0 saturated carbocycles. The van der Waals surface area contributed by atoms with Crippen molar-refractivity contribution in [2.75, 3.05) is 36.0 Å². The van der Waals surface area contributed by atoms with Crippen molar-refractivity contribution in [2.24, 2.45) is 0 Å². The number of Topliss-reactive ketones (excluding diaryl/α,β-unsaturated/α-hetero) is 1. The van der Waals surface area contributed by atoms with Gasteiger partial charge in [-0.3, -0.25) is 14.5 Å². The van der Waals surface area contributed by atoms with Crippen LogP contribution >= 0.6 is 11.6 Å². The average molecular weight is 488 g/mol. The van der Waals surface area contributed by atoms with Crippen LogP contribution in [0.2, 0.25) is 5.02 Å². The van der Waals surface area contributed by atoms with Gasteiger partial charge in [0.15, 0.2) is 5.78 Å². The van der Waals surface area contributed by atoms with Crippen molar-refractivity contribution in [3.05, 3.63) is 58.9 Å². The molecule has 2 aromatic rings. The second kappa shape index (κ2) is 10.9. The lowest BCUT2D eigenvalue weighted by atomic mass is 10.1. The maximum atomic E-state index is 14.7. The summed E-state index contributed by atoms with van der Waals surface area (Å²) in [6, 6.07) is 11.3. The van der Waals surface area contributed by atoms with Crippen LogP contribution in [-0.4, -0.2) is 50.1 Å². The van der Waals surface area contributed by atoms with Gasteiger partial charge in [0.2, 0.25) is 5.91 Å². The molecule has 1 atom stereocenters. The quantitative estimate of drug-likeness (QED) is 0.552. The Morgan fingerprint density at radius 1 is 1.06 bits per heavy atom. The zero-order valence-electron chi connectivity index (χ0n) is 18.8. The number of piperidine rings is 1. The first kappa shape index (κ1) is 24.0. The molecule has 4 rings (SSSR count). The third-order valence-electron chi connectivity index (χ3n) is 6.09. The number of rotatable bonds is 8. The average Bonchev–Trinajstić information content (AvgIpc) is 3.22. The molecule has 0 radical (unpaired) electrons. The molecule has 2 heterocycles. The molecule has 0 aromatic heterocycles. The van der Waals surface area contributed by atoms with Crippen molar-refractivity contribution >= 4 is 40.8 Å². The van der Waals surface area contributed by atoms with Gasteiger partial charge in [0.25, 0.3) is 0 Å². The molecule has 1 N–H and O–H groups in total. The summed E-state index contributed by atoms with van der Waals surface area (Å²) in [7, 11) is 0. The molecule has 9 heteroatoms. The maximum Gasteiger partial charge on any atom is 0.414 e. The Bertz CT molecular complexity index is 1060. The third kappa shape index (κ3) is 5.86. The smallest absolute Gasteiger partial charge is 0.414 e. The first-order valence-corrected chi connectivity index (χ1v) is 11.9. The lowest BCUT2D eigenvalue weighted by molar-refractivity contribution is -0.121. The Hall–Kier alpha value is -3.13. The molecule has 180 valence electrons. The number of hydrogen-bond acceptors (Lipinski definition) is 5. The number of carbonyl (C=O) groups is 3. The highest BCUT2D eigenvalue weighted by molar-refractivity contribution is 6.30. The van der Waals surface area contributed by atoms with E-state index in [0.717, 1.165) is 32.4 Å². The van der Waals surface area contributed by atoms with Gasteiger partial charge >= 0.3 is 6.09 Å². The Morgan fingerprint density at radius 3 is 2.50 bits per heavy atom. The number of nitrogens with one attached hydrogen (secondary N) is 1. The fourth-order valence-electron chi connectivity index (χ4n) is 4.22. The largest absolute Gasteiger partial charge is 0.442 e. The van der Waals surface area contributed by atoms with Gasteiger partial charge < -0.3 is 15.0 Å². The number of benzene rings is 2. The summed E-state index contributed by atoms with van der Waals surface area (Å²) in [5.41, 5.74) is 1.47. The van der Waals surface area contributed by atoms with E-state index in [1.165, 1.54) is 11.0 Å². The molecule has 2 saturated heterocycles. The molecule has 2 amide bonds. The molecule has 0 spiro atoms. The van der Waals surface area contributed by atoms with Crippen molar-refractivity contribution in [1.29, 1.82) is 0 Å². The van der Waals surface area contributed by atoms with Crippen LogP contribution in [0.3, 0.4) is 0 Å². The summed E-state index contributed by atoms with van der Waals surface area (Å²) in [4.78, 5) is 40.1. The van der Waals surface area contributed by atoms with E-state index >= 15 is 0 Å². The van der Waals surface area contributed by atoms with E-state index < -0.39 is 12.2 Å². The van der Waals surface area contributed by atoms with E-state index in [9.17, 15) is 18.8 Å². The second-order valence-electron chi connectivity index (χ2n) is 8.53. The van der Waals surface area contributed by atoms with Gasteiger partial charge in [-0.15, -0.1) is 0 Å². The van der Waals surface area contributed by atoms with Crippen LogP contribution in [0.25, 0.3) is 0 Å². The molecule has 34 heavy (non-hydrogen) atoms. The number of ketones is 1. The molecule has 7 nitrogen and oxygen atoms in total. The van der Waals surface area contributed by atoms with Crippen molar-refractivity contribution in [1.82, 2.24) is 5.32 Å². The Balaban J connectivity index is 1.25. The van der Waals surface area contributed by atoms with Crippen LogP contribution < -0.4 is 15.1 Å². The van der Waals surface area contributed by atoms with E-state index in [4.69, 9.17) is 16.3 Å². The summed E-state index contributed by atoms with van der Waals surface area (Å²) in [5.74, 6) is -0.830. The molecular formula is C25H27ClFN3O4. The number of nitrogens with zero attached hydrogens (tertiary/aromatic N) is 2. The minimum atomic E-state index is -0.581. The van der Waals surface area contributed by atoms with Crippen LogP contribution in [0.1, 0.15) is 42.5 Å². The molecule has 2 fully saturated rings. The van der Waals surface area contributed by atoms with Crippen molar-refractivity contribution in [3.63, 3.8) is 0 Å². The van der Waals surface area contributed by atoms with Gasteiger partial charge in [-0.05, 0) is 61.7 Å². The van der Waals surface area contributed by atoms with Crippen molar-refractivity contribution in [3.8, 4) is 0 Å². The fourth-order valence-corrected chi connectivity index (χ4v) is 4.34. The lowest BCUT2D eigenvalue weighted by Gasteiger charge is -2.29. The predicted octanol–water partition coefficient (Wildman–Crippen LogP) is 4.57. The maximum absolute atomic E-state index is 14.7. The number of carbonyl (C=O) groups excluding carboxylic acids is 3. The number of amides is 2. The van der Waals surface area contributed by atoms with Crippen LogP contribution in [0.15, 0.2) is 42.5 Å². The third-order valence-corrected chi connectivity index (χ3v) is 6.34. The normalized spacial score (nSPS) is 18.1. The van der Waals surface area contributed by atoms with Crippen LogP contribution in [0, 0.1) is 5.82 Å². The lowest BCUT2D eigenvalue weighted by Crippen LogP contribution is -2.34. The zero-order valence-corrected chi connectivity index (χ0v) is 19.5. The molecule has 2 aliphatic heterocycles. The van der Waals surface area contributed by atoms with E-state index in [2.05, 4.69) is 5.32 Å². The van der Waals surface area contributed by atoms with Crippen LogP contribution in [-0.2, 0) is 9.53 Å². The van der Waals surface area contributed by atoms with Crippen molar-refractivity contribution < 1.29 is 23.5 Å². The summed E-state index contributed by atoms with van der Waals surface area (Å²) < 4.78 is 20.1. The number of cyclic esters (lactones) is 1. The fraction of sp³-hybridized carbons (Fsp3) is 0.400. The minimum absolute atomic E-state index is 0.0228. The summed E-state index contributed by atoms with van der Waals surface area (Å²) in [5, 5.41) is 3.24. The summed E-state index contributed by atoms with van der Waals surface area (Å²) in [6.45, 7) is 1.97. The Morgan fingerprint density at radius 2 is 1.79 bits per heavy atom. The van der Waals surface area contributed by atoms with Gasteiger partial charge in [0, 0.05) is 36.5 Å². The number of halogens is 2. The van der Waals surface area contributed by atoms with Gasteiger partial charge in [-0.25, -0.2) is 9.18 Å². The minimum Gasteiger partial charge on any atom is -0.442 e. The SMILES string of the molecule is O=C(CCC(=O)c1ccc(Cl)cc1)NC[C@H]1CN(c2ccc(N3CCCCC3)c(F)c2)C(=O)O1.